The molecule has 7 nitrogen and oxygen atoms in total. The van der Waals surface area contributed by atoms with Crippen LogP contribution in [-0.4, -0.2) is 70.1 Å². The Kier molecular flexibility index (Phi) is 8.31. The first kappa shape index (κ1) is 26.1. The molecule has 0 radical (unpaired) electrons. The van der Waals surface area contributed by atoms with Crippen molar-refractivity contribution in [2.24, 2.45) is 11.3 Å². The van der Waals surface area contributed by atoms with Gasteiger partial charge in [0.25, 0.3) is 0 Å². The Morgan fingerprint density at radius 3 is 2.59 bits per heavy atom. The molecule has 2 aliphatic rings. The van der Waals surface area contributed by atoms with Crippen molar-refractivity contribution in [3.05, 3.63) is 29.3 Å². The summed E-state index contributed by atoms with van der Waals surface area (Å²) in [6.07, 6.45) is -3.11. The number of hydrogen-bond donors (Lipinski definition) is 1. The SMILES string of the molecule is COCCOCC1CN(c2ccc(C#N)c(C(F)(F)F)c2)CC12CCN(C(=O)NC(C)C)CC2. The van der Waals surface area contributed by atoms with Gasteiger partial charge in [-0.25, -0.2) is 4.79 Å². The van der Waals surface area contributed by atoms with E-state index in [2.05, 4.69) is 5.32 Å². The van der Waals surface area contributed by atoms with E-state index in [4.69, 9.17) is 14.7 Å². The average molecular weight is 483 g/mol. The second-order valence-corrected chi connectivity index (χ2v) is 9.44. The van der Waals surface area contributed by atoms with E-state index in [1.165, 1.54) is 6.07 Å². The third-order valence-electron chi connectivity index (χ3n) is 6.82. The third kappa shape index (κ3) is 5.94. The lowest BCUT2D eigenvalue weighted by Gasteiger charge is -2.42. The van der Waals surface area contributed by atoms with Gasteiger partial charge >= 0.3 is 12.2 Å². The standard InChI is InChI=1S/C24H33F3N4O3/c1-17(2)29-22(32)30-8-6-23(7-9-30)16-31(14-19(23)15-34-11-10-33-3)20-5-4-18(13-28)21(12-20)24(25,26)27/h4-5,12,17,19H,6-11,14-16H2,1-3H3,(H,29,32). The van der Waals surface area contributed by atoms with E-state index in [9.17, 15) is 18.0 Å². The number of halogens is 3. The number of rotatable bonds is 7. The summed E-state index contributed by atoms with van der Waals surface area (Å²) in [5.41, 5.74) is -1.02. The van der Waals surface area contributed by atoms with Crippen LogP contribution in [0.1, 0.15) is 37.8 Å². The molecule has 2 fully saturated rings. The summed E-state index contributed by atoms with van der Waals surface area (Å²) < 4.78 is 51.5. The van der Waals surface area contributed by atoms with Gasteiger partial charge in [0.1, 0.15) is 0 Å². The van der Waals surface area contributed by atoms with Crippen molar-refractivity contribution in [3.63, 3.8) is 0 Å². The Hall–Kier alpha value is -2.51. The summed E-state index contributed by atoms with van der Waals surface area (Å²) in [6, 6.07) is 5.50. The molecule has 2 aliphatic heterocycles. The molecular weight excluding hydrogens is 449 g/mol. The molecular formula is C24H33F3N4O3. The van der Waals surface area contributed by atoms with Crippen LogP contribution < -0.4 is 10.2 Å². The number of methoxy groups -OCH3 is 1. The van der Waals surface area contributed by atoms with Gasteiger partial charge in [-0.3, -0.25) is 0 Å². The number of nitrogens with one attached hydrogen (secondary N) is 1. The maximum atomic E-state index is 13.5. The number of carbonyl (C=O) groups is 1. The normalized spacial score (nSPS) is 20.1. The summed E-state index contributed by atoms with van der Waals surface area (Å²) in [4.78, 5) is 16.2. The second-order valence-electron chi connectivity index (χ2n) is 9.44. The molecule has 1 unspecified atom stereocenters. The molecule has 1 spiro atoms. The number of ether oxygens (including phenoxy) is 2. The number of piperidine rings is 1. The van der Waals surface area contributed by atoms with Crippen LogP contribution in [0.4, 0.5) is 23.7 Å². The highest BCUT2D eigenvalue weighted by molar-refractivity contribution is 5.74. The highest BCUT2D eigenvalue weighted by Gasteiger charge is 2.49. The topological polar surface area (TPSA) is 77.8 Å². The lowest BCUT2D eigenvalue weighted by atomic mass is 9.71. The number of nitrogens with zero attached hydrogens (tertiary/aromatic N) is 3. The molecule has 1 atom stereocenters. The predicted molar refractivity (Wildman–Crippen MR) is 121 cm³/mol. The molecule has 3 rings (SSSR count). The van der Waals surface area contributed by atoms with E-state index in [1.807, 2.05) is 18.7 Å². The van der Waals surface area contributed by atoms with Gasteiger partial charge in [-0.15, -0.1) is 0 Å². The number of likely N-dealkylation sites (tertiary alicyclic amines) is 1. The highest BCUT2D eigenvalue weighted by atomic mass is 19.4. The minimum atomic E-state index is -4.60. The van der Waals surface area contributed by atoms with Crippen molar-refractivity contribution in [1.29, 1.82) is 5.26 Å². The Bertz CT molecular complexity index is 892. The van der Waals surface area contributed by atoms with Gasteiger partial charge in [0.15, 0.2) is 0 Å². The van der Waals surface area contributed by atoms with E-state index in [1.54, 1.807) is 24.1 Å². The first-order chi connectivity index (χ1) is 16.1. The van der Waals surface area contributed by atoms with Crippen LogP contribution in [0.25, 0.3) is 0 Å². The molecule has 0 aromatic heterocycles. The van der Waals surface area contributed by atoms with Crippen molar-refractivity contribution in [1.82, 2.24) is 10.2 Å². The summed E-state index contributed by atoms with van der Waals surface area (Å²) in [5, 5.41) is 12.0. The Labute approximate surface area is 198 Å². The van der Waals surface area contributed by atoms with E-state index >= 15 is 0 Å². The second kappa shape index (κ2) is 10.8. The van der Waals surface area contributed by atoms with E-state index < -0.39 is 11.7 Å². The van der Waals surface area contributed by atoms with Crippen molar-refractivity contribution < 1.29 is 27.4 Å². The average Bonchev–Trinajstić information content (AvgIpc) is 3.13. The summed E-state index contributed by atoms with van der Waals surface area (Å²) >= 11 is 0. The van der Waals surface area contributed by atoms with Gasteiger partial charge in [-0.1, -0.05) is 0 Å². The monoisotopic (exact) mass is 482 g/mol. The number of benzene rings is 1. The van der Waals surface area contributed by atoms with Crippen molar-refractivity contribution >= 4 is 11.7 Å². The Morgan fingerprint density at radius 2 is 2.00 bits per heavy atom. The summed E-state index contributed by atoms with van der Waals surface area (Å²) in [7, 11) is 1.60. The van der Waals surface area contributed by atoms with Gasteiger partial charge in [0.2, 0.25) is 0 Å². The third-order valence-corrected chi connectivity index (χ3v) is 6.82. The van der Waals surface area contributed by atoms with E-state index in [0.717, 1.165) is 18.9 Å². The molecule has 1 aromatic carbocycles. The quantitative estimate of drug-likeness (QED) is 0.597. The van der Waals surface area contributed by atoms with Crippen LogP contribution in [0, 0.1) is 22.7 Å². The van der Waals surface area contributed by atoms with Crippen LogP contribution in [0.3, 0.4) is 0 Å². The molecule has 0 saturated carbocycles. The Morgan fingerprint density at radius 1 is 1.29 bits per heavy atom. The maximum Gasteiger partial charge on any atom is 0.417 e. The van der Waals surface area contributed by atoms with Crippen LogP contribution in [-0.2, 0) is 15.7 Å². The van der Waals surface area contributed by atoms with E-state index in [-0.39, 0.29) is 29.0 Å². The molecule has 2 saturated heterocycles. The van der Waals surface area contributed by atoms with E-state index in [0.29, 0.717) is 51.7 Å². The number of alkyl halides is 3. The van der Waals surface area contributed by atoms with Gasteiger partial charge in [0.05, 0.1) is 37.0 Å². The minimum absolute atomic E-state index is 0.0477. The zero-order valence-electron chi connectivity index (χ0n) is 20.0. The lowest BCUT2D eigenvalue weighted by Crippen LogP contribution is -2.51. The highest BCUT2D eigenvalue weighted by Crippen LogP contribution is 2.47. The van der Waals surface area contributed by atoms with Crippen molar-refractivity contribution in [2.45, 2.75) is 38.9 Å². The molecule has 2 amide bonds. The number of anilines is 1. The number of hydrogen-bond acceptors (Lipinski definition) is 5. The van der Waals surface area contributed by atoms with Crippen LogP contribution in [0.15, 0.2) is 18.2 Å². The maximum absolute atomic E-state index is 13.5. The summed E-state index contributed by atoms with van der Waals surface area (Å²) in [5.74, 6) is 0.102. The van der Waals surface area contributed by atoms with Crippen molar-refractivity contribution in [3.8, 4) is 6.07 Å². The molecule has 0 bridgehead atoms. The molecule has 34 heavy (non-hydrogen) atoms. The number of urea groups is 1. The predicted octanol–water partition coefficient (Wildman–Crippen LogP) is 3.88. The van der Waals surface area contributed by atoms with Gasteiger partial charge in [-0.2, -0.15) is 18.4 Å². The molecule has 188 valence electrons. The lowest BCUT2D eigenvalue weighted by molar-refractivity contribution is -0.137. The first-order valence-corrected chi connectivity index (χ1v) is 11.6. The zero-order valence-corrected chi connectivity index (χ0v) is 20.0. The molecule has 1 aromatic rings. The fourth-order valence-electron chi connectivity index (χ4n) is 4.95. The fourth-order valence-corrected chi connectivity index (χ4v) is 4.95. The molecule has 10 heteroatoms. The van der Waals surface area contributed by atoms with Gasteiger partial charge in [0, 0.05) is 50.9 Å². The zero-order chi connectivity index (χ0) is 24.9. The number of carbonyl (C=O) groups excluding carboxylic acids is 1. The fraction of sp³-hybridized carbons (Fsp3) is 0.667. The Balaban J connectivity index is 1.80. The molecule has 1 N–H and O–H groups in total. The molecule has 2 heterocycles. The van der Waals surface area contributed by atoms with Gasteiger partial charge in [-0.05, 0) is 50.3 Å². The van der Waals surface area contributed by atoms with Crippen LogP contribution in [0.5, 0.6) is 0 Å². The minimum Gasteiger partial charge on any atom is -0.382 e. The number of nitriles is 1. The van der Waals surface area contributed by atoms with Gasteiger partial charge < -0.3 is 24.6 Å². The van der Waals surface area contributed by atoms with Crippen LogP contribution in [0.2, 0.25) is 0 Å². The first-order valence-electron chi connectivity index (χ1n) is 11.6. The smallest absolute Gasteiger partial charge is 0.382 e. The molecule has 0 aliphatic carbocycles. The van der Waals surface area contributed by atoms with Crippen LogP contribution >= 0.6 is 0 Å². The number of amides is 2. The van der Waals surface area contributed by atoms with Crippen molar-refractivity contribution in [2.75, 3.05) is 58.0 Å². The largest absolute Gasteiger partial charge is 0.417 e. The summed E-state index contributed by atoms with van der Waals surface area (Å²) in [6.45, 7) is 7.52.